The van der Waals surface area contributed by atoms with Crippen LogP contribution in [0.4, 0.5) is 0 Å². The SMILES string of the molecule is CCCC(CO)CS(C)(=O)=O. The fourth-order valence-electron chi connectivity index (χ4n) is 1.06. The van der Waals surface area contributed by atoms with E-state index in [9.17, 15) is 8.42 Å². The van der Waals surface area contributed by atoms with E-state index in [2.05, 4.69) is 0 Å². The number of hydrogen-bond donors (Lipinski definition) is 1. The van der Waals surface area contributed by atoms with Crippen molar-refractivity contribution in [3.05, 3.63) is 0 Å². The maximum atomic E-state index is 10.8. The van der Waals surface area contributed by atoms with E-state index >= 15 is 0 Å². The molecule has 0 saturated carbocycles. The second kappa shape index (κ2) is 4.72. The molecule has 0 spiro atoms. The van der Waals surface area contributed by atoms with E-state index in [-0.39, 0.29) is 18.3 Å². The molecule has 4 heteroatoms. The molecule has 11 heavy (non-hydrogen) atoms. The molecule has 0 aliphatic carbocycles. The highest BCUT2D eigenvalue weighted by Gasteiger charge is 2.12. The van der Waals surface area contributed by atoms with Crippen LogP contribution in [-0.2, 0) is 9.84 Å². The van der Waals surface area contributed by atoms with Crippen molar-refractivity contribution in [1.29, 1.82) is 0 Å². The lowest BCUT2D eigenvalue weighted by Crippen LogP contribution is -2.17. The van der Waals surface area contributed by atoms with Crippen molar-refractivity contribution in [2.24, 2.45) is 5.92 Å². The Bertz CT molecular complexity index is 184. The topological polar surface area (TPSA) is 54.4 Å². The van der Waals surface area contributed by atoms with Crippen molar-refractivity contribution in [2.75, 3.05) is 18.6 Å². The molecule has 0 aromatic rings. The maximum Gasteiger partial charge on any atom is 0.147 e. The zero-order chi connectivity index (χ0) is 8.91. The minimum atomic E-state index is -2.92. The Morgan fingerprint density at radius 1 is 1.45 bits per heavy atom. The first kappa shape index (κ1) is 10.9. The second-order valence-electron chi connectivity index (χ2n) is 2.93. The van der Waals surface area contributed by atoms with Gasteiger partial charge in [-0.3, -0.25) is 0 Å². The van der Waals surface area contributed by atoms with Crippen LogP contribution >= 0.6 is 0 Å². The highest BCUT2D eigenvalue weighted by atomic mass is 32.2. The van der Waals surface area contributed by atoms with E-state index in [0.717, 1.165) is 12.8 Å². The molecule has 0 rings (SSSR count). The molecule has 0 amide bonds. The van der Waals surface area contributed by atoms with Crippen molar-refractivity contribution in [3.8, 4) is 0 Å². The number of aliphatic hydroxyl groups is 1. The van der Waals surface area contributed by atoms with Crippen molar-refractivity contribution in [2.45, 2.75) is 19.8 Å². The Hall–Kier alpha value is -0.0900. The van der Waals surface area contributed by atoms with Crippen LogP contribution in [0.1, 0.15) is 19.8 Å². The van der Waals surface area contributed by atoms with Crippen molar-refractivity contribution in [1.82, 2.24) is 0 Å². The summed E-state index contributed by atoms with van der Waals surface area (Å²) in [6.45, 7) is 1.95. The van der Waals surface area contributed by atoms with E-state index < -0.39 is 9.84 Å². The largest absolute Gasteiger partial charge is 0.396 e. The highest BCUT2D eigenvalue weighted by molar-refractivity contribution is 7.90. The normalized spacial score (nSPS) is 14.8. The van der Waals surface area contributed by atoms with Gasteiger partial charge in [-0.1, -0.05) is 13.3 Å². The van der Waals surface area contributed by atoms with Crippen LogP contribution < -0.4 is 0 Å². The van der Waals surface area contributed by atoms with Crippen LogP contribution in [0.2, 0.25) is 0 Å². The number of aliphatic hydroxyl groups excluding tert-OH is 1. The first-order valence-corrected chi connectivity index (χ1v) is 5.84. The Kier molecular flexibility index (Phi) is 4.68. The van der Waals surface area contributed by atoms with Gasteiger partial charge < -0.3 is 5.11 Å². The first-order valence-electron chi connectivity index (χ1n) is 3.78. The molecular weight excluding hydrogens is 164 g/mol. The summed E-state index contributed by atoms with van der Waals surface area (Å²) in [6, 6.07) is 0. The summed E-state index contributed by atoms with van der Waals surface area (Å²) in [4.78, 5) is 0. The molecule has 0 aliphatic heterocycles. The number of hydrogen-bond acceptors (Lipinski definition) is 3. The van der Waals surface area contributed by atoms with Crippen molar-refractivity contribution in [3.63, 3.8) is 0 Å². The van der Waals surface area contributed by atoms with Gasteiger partial charge in [0.05, 0.1) is 5.75 Å². The third-order valence-corrected chi connectivity index (χ3v) is 2.57. The summed E-state index contributed by atoms with van der Waals surface area (Å²) in [7, 11) is -2.92. The number of sulfone groups is 1. The standard InChI is InChI=1S/C7H16O3S/c1-3-4-7(5-8)6-11(2,9)10/h7-8H,3-6H2,1-2H3. The molecule has 0 radical (unpaired) electrons. The van der Waals surface area contributed by atoms with Gasteiger partial charge in [0.15, 0.2) is 0 Å². The molecule has 1 N–H and O–H groups in total. The number of rotatable bonds is 5. The molecule has 68 valence electrons. The highest BCUT2D eigenvalue weighted by Crippen LogP contribution is 2.07. The predicted octanol–water partition coefficient (Wildman–Crippen LogP) is 0.440. The van der Waals surface area contributed by atoms with E-state index in [1.54, 1.807) is 0 Å². The molecule has 0 aromatic heterocycles. The summed E-state index contributed by atoms with van der Waals surface area (Å²) >= 11 is 0. The summed E-state index contributed by atoms with van der Waals surface area (Å²) in [5.41, 5.74) is 0. The molecule has 0 aromatic carbocycles. The van der Waals surface area contributed by atoms with Gasteiger partial charge in [-0.25, -0.2) is 8.42 Å². The summed E-state index contributed by atoms with van der Waals surface area (Å²) in [5.74, 6) is 0.0344. The lowest BCUT2D eigenvalue weighted by Gasteiger charge is -2.10. The van der Waals surface area contributed by atoms with Gasteiger partial charge in [0.25, 0.3) is 0 Å². The zero-order valence-corrected chi connectivity index (χ0v) is 7.89. The average molecular weight is 180 g/mol. The van der Waals surface area contributed by atoms with E-state index in [1.165, 1.54) is 6.26 Å². The van der Waals surface area contributed by atoms with Gasteiger partial charge in [0.1, 0.15) is 9.84 Å². The Morgan fingerprint density at radius 2 is 2.00 bits per heavy atom. The quantitative estimate of drug-likeness (QED) is 0.668. The lowest BCUT2D eigenvalue weighted by atomic mass is 10.1. The molecule has 0 bridgehead atoms. The predicted molar refractivity (Wildman–Crippen MR) is 45.2 cm³/mol. The van der Waals surface area contributed by atoms with Crippen LogP contribution in [0.25, 0.3) is 0 Å². The fraction of sp³-hybridized carbons (Fsp3) is 1.00. The third kappa shape index (κ3) is 6.31. The van der Waals surface area contributed by atoms with Crippen LogP contribution in [0, 0.1) is 5.92 Å². The molecule has 0 fully saturated rings. The maximum absolute atomic E-state index is 10.8. The molecule has 1 atom stereocenters. The monoisotopic (exact) mass is 180 g/mol. The van der Waals surface area contributed by atoms with E-state index in [1.807, 2.05) is 6.92 Å². The Morgan fingerprint density at radius 3 is 2.27 bits per heavy atom. The smallest absolute Gasteiger partial charge is 0.147 e. The van der Waals surface area contributed by atoms with Gasteiger partial charge in [-0.05, 0) is 12.3 Å². The second-order valence-corrected chi connectivity index (χ2v) is 5.11. The summed E-state index contributed by atoms with van der Waals surface area (Å²) < 4.78 is 21.5. The molecule has 0 aliphatic rings. The van der Waals surface area contributed by atoms with Crippen molar-refractivity contribution >= 4 is 9.84 Å². The molecule has 0 heterocycles. The van der Waals surface area contributed by atoms with E-state index in [0.29, 0.717) is 0 Å². The van der Waals surface area contributed by atoms with Gasteiger partial charge in [-0.15, -0.1) is 0 Å². The Labute approximate surface area is 68.3 Å². The van der Waals surface area contributed by atoms with Crippen LogP contribution in [-0.4, -0.2) is 32.1 Å². The average Bonchev–Trinajstić information content (AvgIpc) is 1.84. The first-order chi connectivity index (χ1) is 4.99. The van der Waals surface area contributed by atoms with Crippen molar-refractivity contribution < 1.29 is 13.5 Å². The van der Waals surface area contributed by atoms with Gasteiger partial charge in [0.2, 0.25) is 0 Å². The minimum Gasteiger partial charge on any atom is -0.396 e. The van der Waals surface area contributed by atoms with Gasteiger partial charge in [0, 0.05) is 12.9 Å². The van der Waals surface area contributed by atoms with Gasteiger partial charge in [-0.2, -0.15) is 0 Å². The van der Waals surface area contributed by atoms with Crippen LogP contribution in [0.5, 0.6) is 0 Å². The molecule has 3 nitrogen and oxygen atoms in total. The zero-order valence-electron chi connectivity index (χ0n) is 7.08. The third-order valence-electron chi connectivity index (χ3n) is 1.49. The van der Waals surface area contributed by atoms with Crippen LogP contribution in [0.15, 0.2) is 0 Å². The van der Waals surface area contributed by atoms with Gasteiger partial charge >= 0.3 is 0 Å². The van der Waals surface area contributed by atoms with Crippen LogP contribution in [0.3, 0.4) is 0 Å². The van der Waals surface area contributed by atoms with E-state index in [4.69, 9.17) is 5.11 Å². The summed E-state index contributed by atoms with van der Waals surface area (Å²) in [5, 5.41) is 8.76. The molecule has 1 unspecified atom stereocenters. The minimum absolute atomic E-state index is 0.0269. The Balaban J connectivity index is 3.88. The lowest BCUT2D eigenvalue weighted by molar-refractivity contribution is 0.231. The molecular formula is C7H16O3S. The molecule has 0 saturated heterocycles. The fourth-order valence-corrected chi connectivity index (χ4v) is 2.19. The summed E-state index contributed by atoms with van der Waals surface area (Å²) in [6.07, 6.45) is 2.90.